The molecule has 0 saturated carbocycles. The number of nitrogens with zero attached hydrogens (tertiary/aromatic N) is 5. The molecular formula is C12H23N5OS. The number of rotatable bonds is 6. The molecule has 0 spiro atoms. The van der Waals surface area contributed by atoms with Crippen LogP contribution >= 0.6 is 11.8 Å². The highest BCUT2D eigenvalue weighted by molar-refractivity contribution is 7.99. The van der Waals surface area contributed by atoms with Gasteiger partial charge < -0.3 is 4.74 Å². The van der Waals surface area contributed by atoms with E-state index in [1.54, 1.807) is 11.8 Å². The summed E-state index contributed by atoms with van der Waals surface area (Å²) in [5.74, 6) is 1.58. The second-order valence-corrected chi connectivity index (χ2v) is 6.43. The molecule has 1 aliphatic rings. The Morgan fingerprint density at radius 2 is 2.32 bits per heavy atom. The summed E-state index contributed by atoms with van der Waals surface area (Å²) < 4.78 is 7.44. The summed E-state index contributed by atoms with van der Waals surface area (Å²) in [6.07, 6.45) is 0.352. The van der Waals surface area contributed by atoms with Crippen LogP contribution < -0.4 is 0 Å². The predicted octanol–water partition coefficient (Wildman–Crippen LogP) is 1.14. The Morgan fingerprint density at radius 1 is 1.47 bits per heavy atom. The maximum absolute atomic E-state index is 5.54. The molecule has 0 N–H and O–H groups in total. The smallest absolute Gasteiger partial charge is 0.209 e. The van der Waals surface area contributed by atoms with Crippen LogP contribution in [0.5, 0.6) is 0 Å². The lowest BCUT2D eigenvalue weighted by molar-refractivity contribution is -0.0158. The molecule has 0 radical (unpaired) electrons. The number of hydrogen-bond acceptors (Lipinski definition) is 6. The van der Waals surface area contributed by atoms with E-state index in [-0.39, 0.29) is 0 Å². The summed E-state index contributed by atoms with van der Waals surface area (Å²) in [6.45, 7) is 11.3. The van der Waals surface area contributed by atoms with Crippen molar-refractivity contribution in [3.63, 3.8) is 0 Å². The van der Waals surface area contributed by atoms with Crippen molar-refractivity contribution in [1.29, 1.82) is 0 Å². The zero-order valence-corrected chi connectivity index (χ0v) is 12.8. The van der Waals surface area contributed by atoms with Gasteiger partial charge in [-0.05, 0) is 23.3 Å². The molecule has 1 atom stereocenters. The van der Waals surface area contributed by atoms with Crippen molar-refractivity contribution in [2.75, 3.05) is 32.0 Å². The largest absolute Gasteiger partial charge is 0.376 e. The van der Waals surface area contributed by atoms with Gasteiger partial charge in [-0.2, -0.15) is 0 Å². The van der Waals surface area contributed by atoms with E-state index in [9.17, 15) is 0 Å². The van der Waals surface area contributed by atoms with Crippen molar-refractivity contribution in [3.8, 4) is 0 Å². The summed E-state index contributed by atoms with van der Waals surface area (Å²) >= 11 is 1.73. The van der Waals surface area contributed by atoms with Crippen molar-refractivity contribution >= 4 is 11.8 Å². The Kier molecular flexibility index (Phi) is 5.59. The van der Waals surface area contributed by atoms with Gasteiger partial charge in [0.25, 0.3) is 0 Å². The van der Waals surface area contributed by atoms with E-state index >= 15 is 0 Å². The van der Waals surface area contributed by atoms with Gasteiger partial charge in [0.2, 0.25) is 5.16 Å². The molecule has 0 aromatic carbocycles. The average molecular weight is 285 g/mol. The van der Waals surface area contributed by atoms with Crippen LogP contribution in [-0.4, -0.2) is 63.2 Å². The summed E-state index contributed by atoms with van der Waals surface area (Å²) in [5.41, 5.74) is 0. The average Bonchev–Trinajstić information content (AvgIpc) is 2.76. The van der Waals surface area contributed by atoms with E-state index in [4.69, 9.17) is 4.74 Å². The third kappa shape index (κ3) is 4.74. The van der Waals surface area contributed by atoms with E-state index < -0.39 is 0 Å². The molecule has 6 nitrogen and oxygen atoms in total. The first-order valence-electron chi connectivity index (χ1n) is 6.88. The minimum Gasteiger partial charge on any atom is -0.376 e. The van der Waals surface area contributed by atoms with E-state index in [1.807, 2.05) is 4.68 Å². The van der Waals surface area contributed by atoms with Gasteiger partial charge in [0.1, 0.15) is 0 Å². The SMILES string of the molecule is CC(C)Cn1nnnc1SCCN1CCO[C@@H](C)C1. The zero-order chi connectivity index (χ0) is 13.7. The molecule has 1 fully saturated rings. The van der Waals surface area contributed by atoms with Gasteiger partial charge >= 0.3 is 0 Å². The number of aromatic nitrogens is 4. The Hall–Kier alpha value is -0.660. The van der Waals surface area contributed by atoms with Gasteiger partial charge in [-0.3, -0.25) is 4.90 Å². The summed E-state index contributed by atoms with van der Waals surface area (Å²) in [4.78, 5) is 2.44. The van der Waals surface area contributed by atoms with Gasteiger partial charge in [-0.15, -0.1) is 5.10 Å². The molecule has 0 aliphatic carbocycles. The number of morpholine rings is 1. The molecule has 1 aliphatic heterocycles. The fourth-order valence-corrected chi connectivity index (χ4v) is 3.01. The zero-order valence-electron chi connectivity index (χ0n) is 11.9. The molecule has 108 valence electrons. The Bertz CT molecular complexity index is 384. The molecule has 7 heteroatoms. The third-order valence-electron chi connectivity index (χ3n) is 3.00. The fourth-order valence-electron chi connectivity index (χ4n) is 2.12. The first-order chi connectivity index (χ1) is 9.15. The molecule has 2 heterocycles. The van der Waals surface area contributed by atoms with Gasteiger partial charge in [0, 0.05) is 31.9 Å². The highest BCUT2D eigenvalue weighted by Gasteiger charge is 2.16. The van der Waals surface area contributed by atoms with Crippen molar-refractivity contribution in [2.24, 2.45) is 5.92 Å². The van der Waals surface area contributed by atoms with Crippen LogP contribution in [0.15, 0.2) is 5.16 Å². The number of hydrogen-bond donors (Lipinski definition) is 0. The standard InChI is InChI=1S/C12H23N5OS/c1-10(2)8-17-12(13-14-15-17)19-7-5-16-4-6-18-11(3)9-16/h10-11H,4-9H2,1-3H3/t11-/m0/s1. The van der Waals surface area contributed by atoms with Crippen LogP contribution in [0.3, 0.4) is 0 Å². The third-order valence-corrected chi connectivity index (χ3v) is 3.94. The lowest BCUT2D eigenvalue weighted by Crippen LogP contribution is -2.42. The second kappa shape index (κ2) is 7.21. The van der Waals surface area contributed by atoms with E-state index in [1.165, 1.54) is 0 Å². The van der Waals surface area contributed by atoms with Crippen molar-refractivity contribution in [3.05, 3.63) is 0 Å². The highest BCUT2D eigenvalue weighted by atomic mass is 32.2. The normalized spacial score (nSPS) is 21.2. The Morgan fingerprint density at radius 3 is 3.05 bits per heavy atom. The van der Waals surface area contributed by atoms with Crippen LogP contribution in [0.4, 0.5) is 0 Å². The summed E-state index contributed by atoms with van der Waals surface area (Å²) in [6, 6.07) is 0. The van der Waals surface area contributed by atoms with E-state index in [2.05, 4.69) is 41.2 Å². The monoisotopic (exact) mass is 285 g/mol. The molecule has 0 bridgehead atoms. The van der Waals surface area contributed by atoms with Gasteiger partial charge in [0.15, 0.2) is 0 Å². The van der Waals surface area contributed by atoms with Gasteiger partial charge in [-0.1, -0.05) is 25.6 Å². The number of thioether (sulfide) groups is 1. The van der Waals surface area contributed by atoms with Gasteiger partial charge in [0.05, 0.1) is 12.7 Å². The van der Waals surface area contributed by atoms with Crippen molar-refractivity contribution in [1.82, 2.24) is 25.1 Å². The van der Waals surface area contributed by atoms with E-state index in [0.717, 1.165) is 43.7 Å². The van der Waals surface area contributed by atoms with Crippen LogP contribution in [0, 0.1) is 5.92 Å². The highest BCUT2D eigenvalue weighted by Crippen LogP contribution is 2.15. The Balaban J connectivity index is 1.74. The molecular weight excluding hydrogens is 262 g/mol. The first-order valence-corrected chi connectivity index (χ1v) is 7.86. The second-order valence-electron chi connectivity index (χ2n) is 5.37. The Labute approximate surface area is 118 Å². The lowest BCUT2D eigenvalue weighted by Gasteiger charge is -2.30. The first kappa shape index (κ1) is 14.7. The molecule has 0 amide bonds. The van der Waals surface area contributed by atoms with Crippen LogP contribution in [-0.2, 0) is 11.3 Å². The lowest BCUT2D eigenvalue weighted by atomic mass is 10.2. The summed E-state index contributed by atoms with van der Waals surface area (Å²) in [7, 11) is 0. The maximum Gasteiger partial charge on any atom is 0.209 e. The number of tetrazole rings is 1. The topological polar surface area (TPSA) is 56.1 Å². The van der Waals surface area contributed by atoms with Crippen molar-refractivity contribution < 1.29 is 4.74 Å². The van der Waals surface area contributed by atoms with Crippen LogP contribution in [0.25, 0.3) is 0 Å². The molecule has 1 saturated heterocycles. The molecule has 19 heavy (non-hydrogen) atoms. The van der Waals surface area contributed by atoms with Crippen LogP contribution in [0.1, 0.15) is 20.8 Å². The van der Waals surface area contributed by atoms with E-state index in [0.29, 0.717) is 12.0 Å². The van der Waals surface area contributed by atoms with Gasteiger partial charge in [-0.25, -0.2) is 4.68 Å². The molecule has 1 aromatic rings. The molecule has 0 unspecified atom stereocenters. The summed E-state index contributed by atoms with van der Waals surface area (Å²) in [5, 5.41) is 12.8. The minimum absolute atomic E-state index is 0.352. The fraction of sp³-hybridized carbons (Fsp3) is 0.917. The van der Waals surface area contributed by atoms with Crippen LogP contribution in [0.2, 0.25) is 0 Å². The predicted molar refractivity (Wildman–Crippen MR) is 75.2 cm³/mol. The maximum atomic E-state index is 5.54. The number of ether oxygens (including phenoxy) is 1. The molecule has 1 aromatic heterocycles. The minimum atomic E-state index is 0.352. The molecule has 2 rings (SSSR count). The van der Waals surface area contributed by atoms with Crippen molar-refractivity contribution in [2.45, 2.75) is 38.6 Å². The quantitative estimate of drug-likeness (QED) is 0.731.